The average Bonchev–Trinajstić information content (AvgIpc) is 3.12. The molecular formula is C13H12F3NO4. The third-order valence-electron chi connectivity index (χ3n) is 3.18. The van der Waals surface area contributed by atoms with Crippen LogP contribution in [0.3, 0.4) is 0 Å². The number of alkyl carbamates (subject to hydrolysis) is 1. The van der Waals surface area contributed by atoms with Gasteiger partial charge in [-0.05, 0) is 5.56 Å². The molecule has 2 N–H and O–H groups in total. The Kier molecular flexibility index (Phi) is 4.06. The smallest absolute Gasteiger partial charge is 0.407 e. The van der Waals surface area contributed by atoms with Crippen LogP contribution in [-0.4, -0.2) is 29.4 Å². The minimum Gasteiger partial charge on any atom is -0.481 e. The Labute approximate surface area is 117 Å². The topological polar surface area (TPSA) is 75.6 Å². The van der Waals surface area contributed by atoms with E-state index in [9.17, 15) is 22.8 Å². The van der Waals surface area contributed by atoms with Crippen molar-refractivity contribution in [3.63, 3.8) is 0 Å². The van der Waals surface area contributed by atoms with E-state index in [0.717, 1.165) is 0 Å². The molecule has 21 heavy (non-hydrogen) atoms. The summed E-state index contributed by atoms with van der Waals surface area (Å²) in [6, 6.07) is 7.09. The number of nitrogens with one attached hydrogen (secondary N) is 1. The summed E-state index contributed by atoms with van der Waals surface area (Å²) < 4.78 is 42.4. The molecule has 1 aliphatic carbocycles. The molecule has 1 fully saturated rings. The maximum Gasteiger partial charge on any atom is 0.407 e. The van der Waals surface area contributed by atoms with E-state index in [4.69, 9.17) is 9.84 Å². The quantitative estimate of drug-likeness (QED) is 0.894. The first kappa shape index (κ1) is 15.1. The van der Waals surface area contributed by atoms with E-state index in [2.05, 4.69) is 0 Å². The van der Waals surface area contributed by atoms with Crippen molar-refractivity contribution in [2.75, 3.05) is 0 Å². The summed E-state index contributed by atoms with van der Waals surface area (Å²) >= 11 is 0. The molecule has 1 aromatic rings. The number of carboxylic acids is 1. The summed E-state index contributed by atoms with van der Waals surface area (Å²) in [5, 5.41) is 10.6. The molecule has 0 aromatic heterocycles. The minimum atomic E-state index is -4.67. The minimum absolute atomic E-state index is 0.103. The summed E-state index contributed by atoms with van der Waals surface area (Å²) in [4.78, 5) is 22.1. The Morgan fingerprint density at radius 3 is 2.33 bits per heavy atom. The van der Waals surface area contributed by atoms with Gasteiger partial charge in [0.05, 0.1) is 17.9 Å². The normalized spacial score (nSPS) is 24.2. The maximum atomic E-state index is 12.5. The van der Waals surface area contributed by atoms with E-state index in [1.54, 1.807) is 30.3 Å². The van der Waals surface area contributed by atoms with Crippen LogP contribution in [0.5, 0.6) is 0 Å². The van der Waals surface area contributed by atoms with Crippen LogP contribution in [0.25, 0.3) is 0 Å². The van der Waals surface area contributed by atoms with Gasteiger partial charge < -0.3 is 15.2 Å². The Bertz CT molecular complexity index is 532. The number of carbonyl (C=O) groups is 2. The van der Waals surface area contributed by atoms with Crippen LogP contribution in [0.2, 0.25) is 0 Å². The lowest BCUT2D eigenvalue weighted by molar-refractivity contribution is -0.160. The van der Waals surface area contributed by atoms with Gasteiger partial charge in [0.1, 0.15) is 6.61 Å². The number of rotatable bonds is 4. The zero-order chi connectivity index (χ0) is 15.6. The molecule has 0 heterocycles. The fourth-order valence-corrected chi connectivity index (χ4v) is 2.11. The Balaban J connectivity index is 1.87. The highest BCUT2D eigenvalue weighted by molar-refractivity contribution is 5.78. The van der Waals surface area contributed by atoms with Gasteiger partial charge in [-0.3, -0.25) is 4.79 Å². The van der Waals surface area contributed by atoms with Crippen molar-refractivity contribution in [2.24, 2.45) is 11.8 Å². The van der Waals surface area contributed by atoms with Crippen molar-refractivity contribution >= 4 is 12.1 Å². The summed E-state index contributed by atoms with van der Waals surface area (Å²) in [7, 11) is 0. The van der Waals surface area contributed by atoms with Crippen LogP contribution in [0.1, 0.15) is 5.56 Å². The van der Waals surface area contributed by atoms with Gasteiger partial charge in [0.25, 0.3) is 0 Å². The zero-order valence-electron chi connectivity index (χ0n) is 10.6. The molecule has 1 aliphatic rings. The van der Waals surface area contributed by atoms with Gasteiger partial charge in [-0.15, -0.1) is 0 Å². The number of halogens is 3. The molecule has 0 aliphatic heterocycles. The van der Waals surface area contributed by atoms with E-state index in [0.29, 0.717) is 5.56 Å². The number of alkyl halides is 3. The molecule has 114 valence electrons. The summed E-state index contributed by atoms with van der Waals surface area (Å²) in [6.45, 7) is -0.103. The number of ether oxygens (including phenoxy) is 1. The first-order valence-corrected chi connectivity index (χ1v) is 6.07. The van der Waals surface area contributed by atoms with Crippen LogP contribution in [0.4, 0.5) is 18.0 Å². The third-order valence-corrected chi connectivity index (χ3v) is 3.18. The predicted octanol–water partition coefficient (Wildman–Crippen LogP) is 2.17. The lowest BCUT2D eigenvalue weighted by Crippen LogP contribution is -2.30. The van der Waals surface area contributed by atoms with Gasteiger partial charge in [-0.2, -0.15) is 13.2 Å². The second kappa shape index (κ2) is 5.63. The van der Waals surface area contributed by atoms with Crippen molar-refractivity contribution in [1.29, 1.82) is 0 Å². The van der Waals surface area contributed by atoms with Crippen LogP contribution < -0.4 is 5.32 Å². The van der Waals surface area contributed by atoms with Gasteiger partial charge >= 0.3 is 18.2 Å². The highest BCUT2D eigenvalue weighted by Gasteiger charge is 2.68. The van der Waals surface area contributed by atoms with Gasteiger partial charge in [-0.1, -0.05) is 30.3 Å². The maximum absolute atomic E-state index is 12.5. The van der Waals surface area contributed by atoms with E-state index < -0.39 is 36.1 Å². The van der Waals surface area contributed by atoms with Crippen molar-refractivity contribution in [3.8, 4) is 0 Å². The van der Waals surface area contributed by atoms with Gasteiger partial charge in [0, 0.05) is 0 Å². The molecular weight excluding hydrogens is 291 g/mol. The fraction of sp³-hybridized carbons (Fsp3) is 0.385. The standard InChI is InChI=1S/C13H12F3NO4/c14-13(15,16)9-8(11(18)19)10(9)17-12(20)21-6-7-4-2-1-3-5-7/h1-5,8-10H,6H2,(H,17,20)(H,18,19)/t8-,9+,10+/m0/s1. The molecule has 3 atom stereocenters. The zero-order valence-corrected chi connectivity index (χ0v) is 10.6. The lowest BCUT2D eigenvalue weighted by Gasteiger charge is -2.08. The molecule has 0 spiro atoms. The third kappa shape index (κ3) is 3.65. The molecule has 0 bridgehead atoms. The van der Waals surface area contributed by atoms with Crippen LogP contribution in [0.15, 0.2) is 30.3 Å². The van der Waals surface area contributed by atoms with Crippen LogP contribution >= 0.6 is 0 Å². The number of benzene rings is 1. The van der Waals surface area contributed by atoms with Gasteiger partial charge in [-0.25, -0.2) is 4.79 Å². The largest absolute Gasteiger partial charge is 0.481 e. The molecule has 5 nitrogen and oxygen atoms in total. The highest BCUT2D eigenvalue weighted by atomic mass is 19.4. The van der Waals surface area contributed by atoms with Crippen LogP contribution in [-0.2, 0) is 16.1 Å². The number of carboxylic acid groups (broad SMARTS) is 1. The molecule has 1 amide bonds. The highest BCUT2D eigenvalue weighted by Crippen LogP contribution is 2.50. The van der Waals surface area contributed by atoms with Gasteiger partial charge in [0.15, 0.2) is 0 Å². The van der Waals surface area contributed by atoms with E-state index in [1.165, 1.54) is 0 Å². The molecule has 1 saturated carbocycles. The van der Waals surface area contributed by atoms with E-state index in [1.807, 2.05) is 5.32 Å². The molecule has 8 heteroatoms. The molecule has 0 saturated heterocycles. The van der Waals surface area contributed by atoms with Crippen molar-refractivity contribution in [2.45, 2.75) is 18.8 Å². The summed E-state index contributed by atoms with van der Waals surface area (Å²) in [5.41, 5.74) is 0.672. The molecule has 2 rings (SSSR count). The first-order chi connectivity index (χ1) is 9.80. The summed E-state index contributed by atoms with van der Waals surface area (Å²) in [6.07, 6.45) is -5.73. The average molecular weight is 303 g/mol. The monoisotopic (exact) mass is 303 g/mol. The van der Waals surface area contributed by atoms with Crippen molar-refractivity contribution in [3.05, 3.63) is 35.9 Å². The second-order valence-electron chi connectivity index (χ2n) is 4.66. The SMILES string of the molecule is O=C(N[C@@H]1[C@@H](C(=O)O)[C@H]1C(F)(F)F)OCc1ccccc1. The predicted molar refractivity (Wildman–Crippen MR) is 64.2 cm³/mol. The molecule has 0 radical (unpaired) electrons. The van der Waals surface area contributed by atoms with E-state index in [-0.39, 0.29) is 6.61 Å². The number of carbonyl (C=O) groups excluding carboxylic acids is 1. The fourth-order valence-electron chi connectivity index (χ4n) is 2.11. The van der Waals surface area contributed by atoms with E-state index >= 15 is 0 Å². The lowest BCUT2D eigenvalue weighted by atomic mass is 10.2. The second-order valence-corrected chi connectivity index (χ2v) is 4.66. The number of aliphatic carboxylic acids is 1. The number of hydrogen-bond acceptors (Lipinski definition) is 3. The Morgan fingerprint density at radius 1 is 1.24 bits per heavy atom. The Morgan fingerprint density at radius 2 is 1.86 bits per heavy atom. The molecule has 1 aromatic carbocycles. The van der Waals surface area contributed by atoms with Crippen molar-refractivity contribution in [1.82, 2.24) is 5.32 Å². The summed E-state index contributed by atoms with van der Waals surface area (Å²) in [5.74, 6) is -5.32. The molecule has 0 unspecified atom stereocenters. The van der Waals surface area contributed by atoms with Crippen molar-refractivity contribution < 1.29 is 32.6 Å². The Hall–Kier alpha value is -2.25. The number of hydrogen-bond donors (Lipinski definition) is 2. The van der Waals surface area contributed by atoms with Gasteiger partial charge in [0.2, 0.25) is 0 Å². The first-order valence-electron chi connectivity index (χ1n) is 6.07. The number of amides is 1. The van der Waals surface area contributed by atoms with Crippen LogP contribution in [0, 0.1) is 11.8 Å².